The van der Waals surface area contributed by atoms with E-state index in [9.17, 15) is 22.4 Å². The van der Waals surface area contributed by atoms with Crippen LogP contribution in [0.1, 0.15) is 39.5 Å². The second kappa shape index (κ2) is 9.07. The molecule has 2 aromatic carbocycles. The van der Waals surface area contributed by atoms with Crippen molar-refractivity contribution in [2.45, 2.75) is 33.6 Å². The van der Waals surface area contributed by atoms with Gasteiger partial charge in [-0.3, -0.25) is 0 Å². The standard InChI is InChI=1S/C21H22F4N2O2/c1-5-27(4)12-26-19-9-13(2)16(8-14(19)3)20(28)29-11-15-6-7-17(18(22)10-15)21(23,24)25/h6-10,12H,5,11H2,1-4H3. The van der Waals surface area contributed by atoms with Crippen LogP contribution >= 0.6 is 0 Å². The first-order valence-electron chi connectivity index (χ1n) is 8.91. The monoisotopic (exact) mass is 410 g/mol. The Morgan fingerprint density at radius 1 is 1.17 bits per heavy atom. The van der Waals surface area contributed by atoms with Crippen molar-refractivity contribution in [3.8, 4) is 0 Å². The summed E-state index contributed by atoms with van der Waals surface area (Å²) in [5.41, 5.74) is 1.21. The Labute approximate surface area is 166 Å². The van der Waals surface area contributed by atoms with Gasteiger partial charge in [0, 0.05) is 13.6 Å². The van der Waals surface area contributed by atoms with Gasteiger partial charge in [0.25, 0.3) is 0 Å². The van der Waals surface area contributed by atoms with Crippen LogP contribution in [0, 0.1) is 19.7 Å². The highest BCUT2D eigenvalue weighted by Gasteiger charge is 2.33. The molecule has 0 aliphatic carbocycles. The van der Waals surface area contributed by atoms with Crippen LogP contribution in [0.5, 0.6) is 0 Å². The first kappa shape index (κ1) is 22.4. The van der Waals surface area contributed by atoms with Crippen molar-refractivity contribution in [1.82, 2.24) is 4.90 Å². The highest BCUT2D eigenvalue weighted by molar-refractivity contribution is 5.92. The van der Waals surface area contributed by atoms with Crippen LogP contribution in [0.3, 0.4) is 0 Å². The lowest BCUT2D eigenvalue weighted by molar-refractivity contribution is -0.140. The van der Waals surface area contributed by atoms with E-state index in [-0.39, 0.29) is 12.2 Å². The smallest absolute Gasteiger partial charge is 0.419 e. The van der Waals surface area contributed by atoms with Gasteiger partial charge in [-0.25, -0.2) is 14.2 Å². The van der Waals surface area contributed by atoms with Gasteiger partial charge in [-0.2, -0.15) is 13.2 Å². The number of ether oxygens (including phenoxy) is 1. The Balaban J connectivity index is 2.12. The van der Waals surface area contributed by atoms with Crippen LogP contribution in [-0.4, -0.2) is 30.8 Å². The van der Waals surface area contributed by atoms with E-state index in [1.54, 1.807) is 32.3 Å². The molecular weight excluding hydrogens is 388 g/mol. The lowest BCUT2D eigenvalue weighted by Crippen LogP contribution is -2.14. The zero-order valence-corrected chi connectivity index (χ0v) is 16.6. The largest absolute Gasteiger partial charge is 0.457 e. The third kappa shape index (κ3) is 5.79. The zero-order chi connectivity index (χ0) is 21.8. The van der Waals surface area contributed by atoms with Gasteiger partial charge in [0.2, 0.25) is 0 Å². The van der Waals surface area contributed by atoms with Crippen molar-refractivity contribution >= 4 is 18.0 Å². The topological polar surface area (TPSA) is 41.9 Å². The summed E-state index contributed by atoms with van der Waals surface area (Å²) >= 11 is 0. The number of halogens is 4. The normalized spacial score (nSPS) is 11.7. The number of hydrogen-bond acceptors (Lipinski definition) is 3. The SMILES string of the molecule is CCN(C)C=Nc1cc(C)c(C(=O)OCc2ccc(C(F)(F)F)c(F)c2)cc1C. The maximum atomic E-state index is 13.6. The maximum absolute atomic E-state index is 13.6. The molecule has 0 amide bonds. The molecule has 2 rings (SSSR count). The summed E-state index contributed by atoms with van der Waals surface area (Å²) in [5.74, 6) is -2.05. The van der Waals surface area contributed by atoms with E-state index >= 15 is 0 Å². The minimum atomic E-state index is -4.77. The van der Waals surface area contributed by atoms with Crippen molar-refractivity contribution in [2.75, 3.05) is 13.6 Å². The van der Waals surface area contributed by atoms with E-state index in [1.807, 2.05) is 18.9 Å². The van der Waals surface area contributed by atoms with Crippen molar-refractivity contribution in [2.24, 2.45) is 4.99 Å². The van der Waals surface area contributed by atoms with Gasteiger partial charge < -0.3 is 9.64 Å². The van der Waals surface area contributed by atoms with Crippen LogP contribution in [0.25, 0.3) is 0 Å². The van der Waals surface area contributed by atoms with E-state index in [4.69, 9.17) is 4.74 Å². The van der Waals surface area contributed by atoms with Gasteiger partial charge in [-0.1, -0.05) is 6.07 Å². The summed E-state index contributed by atoms with van der Waals surface area (Å²) < 4.78 is 56.6. The molecule has 0 fully saturated rings. The predicted molar refractivity (Wildman–Crippen MR) is 103 cm³/mol. The molecule has 0 aliphatic heterocycles. The molecule has 0 bridgehead atoms. The van der Waals surface area contributed by atoms with E-state index < -0.39 is 23.5 Å². The number of nitrogens with zero attached hydrogens (tertiary/aromatic N) is 2. The Bertz CT molecular complexity index is 924. The van der Waals surface area contributed by atoms with Crippen molar-refractivity contribution in [3.05, 3.63) is 64.0 Å². The number of esters is 1. The summed E-state index contributed by atoms with van der Waals surface area (Å²) in [7, 11) is 1.89. The van der Waals surface area contributed by atoms with Gasteiger partial charge in [0.15, 0.2) is 0 Å². The number of alkyl halides is 3. The summed E-state index contributed by atoms with van der Waals surface area (Å²) in [5, 5.41) is 0. The molecule has 0 atom stereocenters. The number of benzene rings is 2. The minimum absolute atomic E-state index is 0.127. The molecule has 0 aromatic heterocycles. The molecule has 0 heterocycles. The first-order chi connectivity index (χ1) is 13.5. The fraction of sp³-hybridized carbons (Fsp3) is 0.333. The van der Waals surface area contributed by atoms with Gasteiger partial charge in [0.1, 0.15) is 12.4 Å². The van der Waals surface area contributed by atoms with E-state index in [0.717, 1.165) is 24.2 Å². The Kier molecular flexibility index (Phi) is 7.00. The summed E-state index contributed by atoms with van der Waals surface area (Å²) in [4.78, 5) is 18.7. The summed E-state index contributed by atoms with van der Waals surface area (Å²) in [6.07, 6.45) is -3.08. The van der Waals surface area contributed by atoms with Crippen LogP contribution in [0.4, 0.5) is 23.2 Å². The van der Waals surface area contributed by atoms with Gasteiger partial charge in [-0.15, -0.1) is 0 Å². The summed E-state index contributed by atoms with van der Waals surface area (Å²) in [6.45, 7) is 5.99. The quantitative estimate of drug-likeness (QED) is 0.276. The number of carbonyl (C=O) groups is 1. The number of aryl methyl sites for hydroxylation is 2. The van der Waals surface area contributed by atoms with Gasteiger partial charge in [0.05, 0.1) is 23.2 Å². The average molecular weight is 410 g/mol. The Morgan fingerprint density at radius 3 is 2.45 bits per heavy atom. The van der Waals surface area contributed by atoms with Crippen LogP contribution in [-0.2, 0) is 17.5 Å². The number of rotatable bonds is 6. The molecule has 0 saturated heterocycles. The molecule has 8 heteroatoms. The molecule has 0 aliphatic rings. The average Bonchev–Trinajstić information content (AvgIpc) is 2.65. The van der Waals surface area contributed by atoms with Crippen molar-refractivity contribution in [1.29, 1.82) is 0 Å². The van der Waals surface area contributed by atoms with Crippen molar-refractivity contribution < 1.29 is 27.1 Å². The molecular formula is C21H22F4N2O2. The maximum Gasteiger partial charge on any atom is 0.419 e. The first-order valence-corrected chi connectivity index (χ1v) is 8.91. The fourth-order valence-electron chi connectivity index (χ4n) is 2.51. The number of carbonyl (C=O) groups excluding carboxylic acids is 1. The summed E-state index contributed by atoms with van der Waals surface area (Å²) in [6, 6.07) is 5.83. The molecule has 2 aromatic rings. The predicted octanol–water partition coefficient (Wildman–Crippen LogP) is 5.43. The zero-order valence-electron chi connectivity index (χ0n) is 16.6. The van der Waals surface area contributed by atoms with E-state index in [1.165, 1.54) is 0 Å². The minimum Gasteiger partial charge on any atom is -0.457 e. The highest BCUT2D eigenvalue weighted by atomic mass is 19.4. The van der Waals surface area contributed by atoms with E-state index in [0.29, 0.717) is 22.9 Å². The van der Waals surface area contributed by atoms with Crippen LogP contribution < -0.4 is 0 Å². The van der Waals surface area contributed by atoms with Crippen molar-refractivity contribution in [3.63, 3.8) is 0 Å². The molecule has 0 unspecified atom stereocenters. The lowest BCUT2D eigenvalue weighted by atomic mass is 10.0. The van der Waals surface area contributed by atoms with E-state index in [2.05, 4.69) is 4.99 Å². The van der Waals surface area contributed by atoms with Gasteiger partial charge >= 0.3 is 12.1 Å². The molecule has 0 saturated carbocycles. The van der Waals surface area contributed by atoms with Crippen LogP contribution in [0.2, 0.25) is 0 Å². The van der Waals surface area contributed by atoms with Gasteiger partial charge in [-0.05, 0) is 61.7 Å². The Morgan fingerprint density at radius 2 is 1.86 bits per heavy atom. The number of hydrogen-bond donors (Lipinski definition) is 0. The lowest BCUT2D eigenvalue weighted by Gasteiger charge is -2.12. The van der Waals surface area contributed by atoms with Crippen LogP contribution in [0.15, 0.2) is 35.3 Å². The fourth-order valence-corrected chi connectivity index (χ4v) is 2.51. The molecule has 29 heavy (non-hydrogen) atoms. The molecule has 0 radical (unpaired) electrons. The third-order valence-corrected chi connectivity index (χ3v) is 4.36. The Hall–Kier alpha value is -2.90. The molecule has 0 spiro atoms. The number of aliphatic imine (C=N–C) groups is 1. The highest BCUT2D eigenvalue weighted by Crippen LogP contribution is 2.31. The second-order valence-electron chi connectivity index (χ2n) is 6.66. The molecule has 156 valence electrons. The second-order valence-corrected chi connectivity index (χ2v) is 6.66. The third-order valence-electron chi connectivity index (χ3n) is 4.36. The molecule has 4 nitrogen and oxygen atoms in total. The molecule has 0 N–H and O–H groups in total.